The summed E-state index contributed by atoms with van der Waals surface area (Å²) in [4.78, 5) is 4.78. The lowest BCUT2D eigenvalue weighted by Gasteiger charge is -2.47. The van der Waals surface area contributed by atoms with Crippen LogP contribution in [-0.2, 0) is 0 Å². The molecule has 0 aliphatic heterocycles. The van der Waals surface area contributed by atoms with Gasteiger partial charge < -0.3 is 10.6 Å². The van der Waals surface area contributed by atoms with Crippen LogP contribution < -0.4 is 5.73 Å². The van der Waals surface area contributed by atoms with Crippen molar-refractivity contribution in [1.29, 1.82) is 0 Å². The zero-order valence-electron chi connectivity index (χ0n) is 12.2. The number of nitrogens with zero attached hydrogens (tertiary/aromatic N) is 2. The van der Waals surface area contributed by atoms with Gasteiger partial charge in [-0.3, -0.25) is 4.90 Å². The lowest BCUT2D eigenvalue weighted by molar-refractivity contribution is 0.0280. The van der Waals surface area contributed by atoms with E-state index in [-0.39, 0.29) is 5.54 Å². The molecule has 0 aromatic rings. The molecule has 0 amide bonds. The van der Waals surface area contributed by atoms with Crippen LogP contribution in [0.15, 0.2) is 0 Å². The van der Waals surface area contributed by atoms with Crippen molar-refractivity contribution in [2.24, 2.45) is 11.7 Å². The molecular weight excluding hydrogens is 198 g/mol. The van der Waals surface area contributed by atoms with Crippen LogP contribution in [0.4, 0.5) is 0 Å². The van der Waals surface area contributed by atoms with Gasteiger partial charge in [-0.25, -0.2) is 0 Å². The maximum absolute atomic E-state index is 6.00. The second-order valence-corrected chi connectivity index (χ2v) is 5.61. The molecule has 0 radical (unpaired) electrons. The maximum atomic E-state index is 6.00. The van der Waals surface area contributed by atoms with E-state index in [1.54, 1.807) is 0 Å². The van der Waals surface area contributed by atoms with Crippen LogP contribution in [0.5, 0.6) is 0 Å². The van der Waals surface area contributed by atoms with Gasteiger partial charge in [0.1, 0.15) is 0 Å². The SMILES string of the molecule is CCN(C(C)CN(C)C)C(C)(CN)C(C)C. The lowest BCUT2D eigenvalue weighted by Crippen LogP contribution is -2.59. The molecule has 3 heteroatoms. The van der Waals surface area contributed by atoms with Gasteiger partial charge in [-0.05, 0) is 40.4 Å². The third kappa shape index (κ3) is 3.72. The first kappa shape index (κ1) is 15.9. The average molecular weight is 229 g/mol. The minimum atomic E-state index is 0.101. The van der Waals surface area contributed by atoms with Crippen LogP contribution in [0, 0.1) is 5.92 Å². The Bertz CT molecular complexity index is 192. The minimum Gasteiger partial charge on any atom is -0.329 e. The molecule has 0 aliphatic rings. The van der Waals surface area contributed by atoms with Crippen molar-refractivity contribution in [2.75, 3.05) is 33.7 Å². The van der Waals surface area contributed by atoms with Crippen LogP contribution in [0.2, 0.25) is 0 Å². The summed E-state index contributed by atoms with van der Waals surface area (Å²) in [6.45, 7) is 14.2. The van der Waals surface area contributed by atoms with Crippen LogP contribution in [0.3, 0.4) is 0 Å². The monoisotopic (exact) mass is 229 g/mol. The van der Waals surface area contributed by atoms with Crippen molar-refractivity contribution in [3.63, 3.8) is 0 Å². The van der Waals surface area contributed by atoms with Crippen molar-refractivity contribution >= 4 is 0 Å². The van der Waals surface area contributed by atoms with Gasteiger partial charge in [0.05, 0.1) is 0 Å². The molecule has 0 aliphatic carbocycles. The Morgan fingerprint density at radius 2 is 1.69 bits per heavy atom. The Morgan fingerprint density at radius 1 is 1.19 bits per heavy atom. The topological polar surface area (TPSA) is 32.5 Å². The summed E-state index contributed by atoms with van der Waals surface area (Å²) >= 11 is 0. The van der Waals surface area contributed by atoms with E-state index in [0.29, 0.717) is 12.0 Å². The van der Waals surface area contributed by atoms with Crippen molar-refractivity contribution < 1.29 is 0 Å². The molecule has 0 aromatic carbocycles. The lowest BCUT2D eigenvalue weighted by atomic mass is 9.85. The van der Waals surface area contributed by atoms with E-state index < -0.39 is 0 Å². The standard InChI is InChI=1S/C13H31N3/c1-8-16(12(4)9-15(6)7)13(5,10-14)11(2)3/h11-12H,8-10,14H2,1-7H3. The summed E-state index contributed by atoms with van der Waals surface area (Å²) < 4.78 is 0. The molecule has 98 valence electrons. The highest BCUT2D eigenvalue weighted by atomic mass is 15.3. The first-order valence-corrected chi connectivity index (χ1v) is 6.41. The molecule has 0 aromatic heterocycles. The minimum absolute atomic E-state index is 0.101. The Kier molecular flexibility index (Phi) is 6.53. The van der Waals surface area contributed by atoms with Gasteiger partial charge in [0, 0.05) is 24.7 Å². The molecule has 2 unspecified atom stereocenters. The highest BCUT2D eigenvalue weighted by Crippen LogP contribution is 2.25. The van der Waals surface area contributed by atoms with Crippen LogP contribution in [0.25, 0.3) is 0 Å². The fraction of sp³-hybridized carbons (Fsp3) is 1.00. The second kappa shape index (κ2) is 6.58. The van der Waals surface area contributed by atoms with E-state index >= 15 is 0 Å². The number of likely N-dealkylation sites (N-methyl/N-ethyl adjacent to an activating group) is 2. The number of nitrogens with two attached hydrogens (primary N) is 1. The molecule has 3 nitrogen and oxygen atoms in total. The number of rotatable bonds is 7. The zero-order valence-corrected chi connectivity index (χ0v) is 12.2. The van der Waals surface area contributed by atoms with Gasteiger partial charge in [-0.1, -0.05) is 20.8 Å². The van der Waals surface area contributed by atoms with E-state index in [1.165, 1.54) is 0 Å². The van der Waals surface area contributed by atoms with E-state index in [1.807, 2.05) is 0 Å². The van der Waals surface area contributed by atoms with E-state index in [2.05, 4.69) is 58.5 Å². The Hall–Kier alpha value is -0.120. The second-order valence-electron chi connectivity index (χ2n) is 5.61. The highest BCUT2D eigenvalue weighted by Gasteiger charge is 2.35. The van der Waals surface area contributed by atoms with Crippen molar-refractivity contribution in [3.05, 3.63) is 0 Å². The molecule has 0 heterocycles. The molecule has 16 heavy (non-hydrogen) atoms. The first-order chi connectivity index (χ1) is 7.29. The molecule has 0 saturated heterocycles. The van der Waals surface area contributed by atoms with Gasteiger partial charge in [-0.15, -0.1) is 0 Å². The number of hydrogen-bond donors (Lipinski definition) is 1. The van der Waals surface area contributed by atoms with Gasteiger partial charge in [0.2, 0.25) is 0 Å². The van der Waals surface area contributed by atoms with E-state index in [4.69, 9.17) is 5.73 Å². The fourth-order valence-electron chi connectivity index (χ4n) is 2.49. The van der Waals surface area contributed by atoms with Crippen molar-refractivity contribution in [3.8, 4) is 0 Å². The summed E-state index contributed by atoms with van der Waals surface area (Å²) in [5.74, 6) is 0.571. The predicted molar refractivity (Wildman–Crippen MR) is 72.7 cm³/mol. The molecule has 0 rings (SSSR count). The molecule has 0 spiro atoms. The Labute approximate surface area is 102 Å². The zero-order chi connectivity index (χ0) is 12.9. The van der Waals surface area contributed by atoms with Crippen molar-refractivity contribution in [2.45, 2.75) is 46.2 Å². The number of hydrogen-bond acceptors (Lipinski definition) is 3. The van der Waals surface area contributed by atoms with Gasteiger partial charge in [0.15, 0.2) is 0 Å². The van der Waals surface area contributed by atoms with E-state index in [9.17, 15) is 0 Å². The van der Waals surface area contributed by atoms with Crippen LogP contribution >= 0.6 is 0 Å². The van der Waals surface area contributed by atoms with Gasteiger partial charge >= 0.3 is 0 Å². The summed E-state index contributed by atoms with van der Waals surface area (Å²) in [6, 6.07) is 0.538. The van der Waals surface area contributed by atoms with E-state index in [0.717, 1.165) is 19.6 Å². The average Bonchev–Trinajstić information content (AvgIpc) is 2.16. The smallest absolute Gasteiger partial charge is 0.0329 e. The van der Waals surface area contributed by atoms with Gasteiger partial charge in [-0.2, -0.15) is 0 Å². The maximum Gasteiger partial charge on any atom is 0.0329 e. The molecule has 0 fully saturated rings. The molecule has 2 N–H and O–H groups in total. The van der Waals surface area contributed by atoms with Crippen LogP contribution in [-0.4, -0.2) is 55.1 Å². The van der Waals surface area contributed by atoms with Gasteiger partial charge in [0.25, 0.3) is 0 Å². The fourth-order valence-corrected chi connectivity index (χ4v) is 2.49. The molecule has 2 atom stereocenters. The summed E-state index contributed by atoms with van der Waals surface area (Å²) in [5, 5.41) is 0. The highest BCUT2D eigenvalue weighted by molar-refractivity contribution is 4.92. The molecule has 0 saturated carbocycles. The normalized spacial score (nSPS) is 18.2. The van der Waals surface area contributed by atoms with Crippen molar-refractivity contribution in [1.82, 2.24) is 9.80 Å². The summed E-state index contributed by atoms with van der Waals surface area (Å²) in [6.07, 6.45) is 0. The molecule has 0 bridgehead atoms. The largest absolute Gasteiger partial charge is 0.329 e. The summed E-state index contributed by atoms with van der Waals surface area (Å²) in [5.41, 5.74) is 6.10. The Morgan fingerprint density at radius 3 is 1.94 bits per heavy atom. The Balaban J connectivity index is 4.80. The quantitative estimate of drug-likeness (QED) is 0.720. The first-order valence-electron chi connectivity index (χ1n) is 6.41. The summed E-state index contributed by atoms with van der Waals surface area (Å²) in [7, 11) is 4.25. The predicted octanol–water partition coefficient (Wildman–Crippen LogP) is 1.63. The molecular formula is C13H31N3. The van der Waals surface area contributed by atoms with Crippen LogP contribution in [0.1, 0.15) is 34.6 Å². The third-order valence-corrected chi connectivity index (χ3v) is 3.82. The third-order valence-electron chi connectivity index (χ3n) is 3.82.